The van der Waals surface area contributed by atoms with E-state index in [0.29, 0.717) is 24.1 Å². The Kier molecular flexibility index (Phi) is 5.42. The summed E-state index contributed by atoms with van der Waals surface area (Å²) in [6.07, 6.45) is 5.76. The molecule has 0 bridgehead atoms. The van der Waals surface area contributed by atoms with Crippen molar-refractivity contribution in [1.29, 1.82) is 0 Å². The highest BCUT2D eigenvalue weighted by Crippen LogP contribution is 2.24. The van der Waals surface area contributed by atoms with Gasteiger partial charge in [-0.25, -0.2) is 9.37 Å². The first-order valence-electron chi connectivity index (χ1n) is 8.51. The van der Waals surface area contributed by atoms with Crippen LogP contribution in [0.3, 0.4) is 0 Å². The third-order valence-electron chi connectivity index (χ3n) is 4.34. The minimum absolute atomic E-state index is 0.0754. The summed E-state index contributed by atoms with van der Waals surface area (Å²) in [7, 11) is 3.53. The lowest BCUT2D eigenvalue weighted by Crippen LogP contribution is -2.38. The standard InChI is InChI=1S/C16H24FN7O/c1-22(2)15-14(17)8-18-16(19-15)23-6-3-4-12(9-23)10-24-11-13(5-7-25)20-21-24/h8,11-12,25H,3-7,9-10H2,1-2H3/t12-/m0/s1. The number of halogens is 1. The molecule has 2 aromatic heterocycles. The smallest absolute Gasteiger partial charge is 0.227 e. The lowest BCUT2D eigenvalue weighted by Gasteiger charge is -2.33. The van der Waals surface area contributed by atoms with Crippen molar-refractivity contribution in [3.8, 4) is 0 Å². The quantitative estimate of drug-likeness (QED) is 0.823. The Morgan fingerprint density at radius 2 is 2.24 bits per heavy atom. The normalized spacial score (nSPS) is 17.8. The number of hydrogen-bond acceptors (Lipinski definition) is 7. The van der Waals surface area contributed by atoms with E-state index >= 15 is 0 Å². The van der Waals surface area contributed by atoms with Gasteiger partial charge in [0.25, 0.3) is 0 Å². The molecule has 136 valence electrons. The van der Waals surface area contributed by atoms with Crippen molar-refractivity contribution in [3.63, 3.8) is 0 Å². The van der Waals surface area contributed by atoms with Gasteiger partial charge in [-0.2, -0.15) is 4.98 Å². The number of anilines is 2. The molecule has 25 heavy (non-hydrogen) atoms. The van der Waals surface area contributed by atoms with Gasteiger partial charge in [0.15, 0.2) is 11.6 Å². The van der Waals surface area contributed by atoms with Crippen LogP contribution in [-0.4, -0.2) is 63.9 Å². The molecular formula is C16H24FN7O. The number of rotatable bonds is 6. The summed E-state index contributed by atoms with van der Waals surface area (Å²) < 4.78 is 15.6. The van der Waals surface area contributed by atoms with Gasteiger partial charge in [0, 0.05) is 53.0 Å². The first-order chi connectivity index (χ1) is 12.1. The van der Waals surface area contributed by atoms with Gasteiger partial charge >= 0.3 is 0 Å². The van der Waals surface area contributed by atoms with E-state index in [4.69, 9.17) is 5.11 Å². The van der Waals surface area contributed by atoms with E-state index in [1.54, 1.807) is 19.0 Å². The summed E-state index contributed by atoms with van der Waals surface area (Å²) in [5, 5.41) is 17.1. The second-order valence-electron chi connectivity index (χ2n) is 6.60. The van der Waals surface area contributed by atoms with E-state index in [0.717, 1.165) is 38.2 Å². The molecule has 1 saturated heterocycles. The molecule has 9 heteroatoms. The fraction of sp³-hybridized carbons (Fsp3) is 0.625. The van der Waals surface area contributed by atoms with Crippen molar-refractivity contribution in [2.24, 2.45) is 5.92 Å². The average molecular weight is 349 g/mol. The Labute approximate surface area is 146 Å². The summed E-state index contributed by atoms with van der Waals surface area (Å²) in [4.78, 5) is 12.3. The summed E-state index contributed by atoms with van der Waals surface area (Å²) in [5.41, 5.74) is 0.799. The molecule has 1 aliphatic rings. The van der Waals surface area contributed by atoms with Crippen LogP contribution in [0.2, 0.25) is 0 Å². The molecule has 0 radical (unpaired) electrons. The summed E-state index contributed by atoms with van der Waals surface area (Å²) in [5.74, 6) is 0.849. The molecule has 1 atom stereocenters. The Bertz CT molecular complexity index is 706. The zero-order chi connectivity index (χ0) is 17.8. The van der Waals surface area contributed by atoms with Gasteiger partial charge in [-0.1, -0.05) is 5.21 Å². The van der Waals surface area contributed by atoms with Gasteiger partial charge in [0.05, 0.1) is 11.9 Å². The van der Waals surface area contributed by atoms with Gasteiger partial charge in [-0.15, -0.1) is 5.10 Å². The summed E-state index contributed by atoms with van der Waals surface area (Å²) in [6.45, 7) is 2.50. The number of aliphatic hydroxyl groups is 1. The molecular weight excluding hydrogens is 325 g/mol. The maximum Gasteiger partial charge on any atom is 0.227 e. The van der Waals surface area contributed by atoms with Crippen LogP contribution < -0.4 is 9.80 Å². The SMILES string of the molecule is CN(C)c1nc(N2CCC[C@H](Cn3cc(CCO)nn3)C2)ncc1F. The molecule has 0 aliphatic carbocycles. The number of piperidine rings is 1. The Morgan fingerprint density at radius 3 is 3.00 bits per heavy atom. The minimum atomic E-state index is -0.415. The molecule has 1 fully saturated rings. The van der Waals surface area contributed by atoms with Gasteiger partial charge in [-0.05, 0) is 18.8 Å². The molecule has 1 aliphatic heterocycles. The number of hydrogen-bond donors (Lipinski definition) is 1. The first-order valence-corrected chi connectivity index (χ1v) is 8.51. The monoisotopic (exact) mass is 349 g/mol. The second-order valence-corrected chi connectivity index (χ2v) is 6.60. The predicted molar refractivity (Wildman–Crippen MR) is 92.1 cm³/mol. The molecule has 0 amide bonds. The zero-order valence-corrected chi connectivity index (χ0v) is 14.6. The second kappa shape index (κ2) is 7.73. The topological polar surface area (TPSA) is 83.2 Å². The minimum Gasteiger partial charge on any atom is -0.396 e. The average Bonchev–Trinajstić information content (AvgIpc) is 3.02. The number of aromatic nitrogens is 5. The van der Waals surface area contributed by atoms with Gasteiger partial charge < -0.3 is 14.9 Å². The van der Waals surface area contributed by atoms with Crippen molar-refractivity contribution in [2.45, 2.75) is 25.8 Å². The van der Waals surface area contributed by atoms with Crippen molar-refractivity contribution in [1.82, 2.24) is 25.0 Å². The third kappa shape index (κ3) is 4.22. The lowest BCUT2D eigenvalue weighted by atomic mass is 9.98. The first kappa shape index (κ1) is 17.5. The van der Waals surface area contributed by atoms with E-state index in [1.165, 1.54) is 6.20 Å². The molecule has 0 spiro atoms. The van der Waals surface area contributed by atoms with Crippen LogP contribution in [0.25, 0.3) is 0 Å². The van der Waals surface area contributed by atoms with Gasteiger partial charge in [0.1, 0.15) is 0 Å². The zero-order valence-electron chi connectivity index (χ0n) is 14.6. The van der Waals surface area contributed by atoms with Crippen LogP contribution in [0.5, 0.6) is 0 Å². The van der Waals surface area contributed by atoms with Crippen LogP contribution >= 0.6 is 0 Å². The summed E-state index contributed by atoms with van der Waals surface area (Å²) >= 11 is 0. The molecule has 2 aromatic rings. The molecule has 8 nitrogen and oxygen atoms in total. The fourth-order valence-electron chi connectivity index (χ4n) is 3.13. The predicted octanol–water partition coefficient (Wildman–Crippen LogP) is 0.725. The molecule has 0 unspecified atom stereocenters. The molecule has 0 saturated carbocycles. The maximum atomic E-state index is 13.8. The Morgan fingerprint density at radius 1 is 1.40 bits per heavy atom. The van der Waals surface area contributed by atoms with Crippen molar-refractivity contribution in [3.05, 3.63) is 23.9 Å². The van der Waals surface area contributed by atoms with E-state index in [2.05, 4.69) is 25.2 Å². The van der Waals surface area contributed by atoms with Crippen molar-refractivity contribution >= 4 is 11.8 Å². The highest BCUT2D eigenvalue weighted by atomic mass is 19.1. The Balaban J connectivity index is 1.67. The number of nitrogens with zero attached hydrogens (tertiary/aromatic N) is 7. The van der Waals surface area contributed by atoms with Gasteiger partial charge in [-0.3, -0.25) is 4.68 Å². The van der Waals surface area contributed by atoms with Crippen LogP contribution in [0, 0.1) is 11.7 Å². The molecule has 0 aromatic carbocycles. The van der Waals surface area contributed by atoms with E-state index in [9.17, 15) is 4.39 Å². The van der Waals surface area contributed by atoms with E-state index in [-0.39, 0.29) is 6.61 Å². The van der Waals surface area contributed by atoms with Crippen LogP contribution in [0.1, 0.15) is 18.5 Å². The van der Waals surface area contributed by atoms with Crippen LogP contribution in [-0.2, 0) is 13.0 Å². The molecule has 3 rings (SSSR count). The highest BCUT2D eigenvalue weighted by Gasteiger charge is 2.23. The highest BCUT2D eigenvalue weighted by molar-refractivity contribution is 5.44. The van der Waals surface area contributed by atoms with Crippen molar-refractivity contribution in [2.75, 3.05) is 43.6 Å². The van der Waals surface area contributed by atoms with Crippen molar-refractivity contribution < 1.29 is 9.50 Å². The Hall–Kier alpha value is -2.29. The van der Waals surface area contributed by atoms with E-state index in [1.807, 2.05) is 10.9 Å². The fourth-order valence-corrected chi connectivity index (χ4v) is 3.13. The largest absolute Gasteiger partial charge is 0.396 e. The maximum absolute atomic E-state index is 13.8. The molecule has 3 heterocycles. The van der Waals surface area contributed by atoms with E-state index < -0.39 is 5.82 Å². The molecule has 1 N–H and O–H groups in total. The third-order valence-corrected chi connectivity index (χ3v) is 4.34. The van der Waals surface area contributed by atoms with Crippen LogP contribution in [0.4, 0.5) is 16.2 Å². The van der Waals surface area contributed by atoms with Crippen LogP contribution in [0.15, 0.2) is 12.4 Å². The number of aliphatic hydroxyl groups excluding tert-OH is 1. The summed E-state index contributed by atoms with van der Waals surface area (Å²) in [6, 6.07) is 0. The van der Waals surface area contributed by atoms with Gasteiger partial charge in [0.2, 0.25) is 5.95 Å². The lowest BCUT2D eigenvalue weighted by molar-refractivity contribution is 0.298.